The Bertz CT molecular complexity index is 512. The third kappa shape index (κ3) is 3.33. The van der Waals surface area contributed by atoms with E-state index < -0.39 is 10.0 Å². The normalized spacial score (nSPS) is 11.4. The Morgan fingerprint density at radius 2 is 2.19 bits per heavy atom. The summed E-state index contributed by atoms with van der Waals surface area (Å²) in [5.41, 5.74) is 6.83. The first-order valence-electron chi connectivity index (χ1n) is 4.52. The predicted molar refractivity (Wildman–Crippen MR) is 68.6 cm³/mol. The van der Waals surface area contributed by atoms with Crippen molar-refractivity contribution in [3.8, 4) is 0 Å². The summed E-state index contributed by atoms with van der Waals surface area (Å²) in [7, 11) is -3.49. The van der Waals surface area contributed by atoms with Crippen LogP contribution < -0.4 is 10.5 Å². The second kappa shape index (κ2) is 4.99. The first kappa shape index (κ1) is 13.2. The molecular formula is C10H13BrN2O2S. The third-order valence-electron chi connectivity index (χ3n) is 1.85. The van der Waals surface area contributed by atoms with Gasteiger partial charge >= 0.3 is 0 Å². The standard InChI is InChI=1S/C10H13BrN2O2S/c1-7(2)6-13-16(14,15)8-3-4-10(12)9(11)5-8/h3-5,13H,1,6,12H2,2H3. The first-order valence-corrected chi connectivity index (χ1v) is 6.79. The quantitative estimate of drug-likeness (QED) is 0.659. The van der Waals surface area contributed by atoms with Crippen molar-refractivity contribution in [2.24, 2.45) is 0 Å². The zero-order chi connectivity index (χ0) is 12.3. The van der Waals surface area contributed by atoms with Crippen molar-refractivity contribution in [3.05, 3.63) is 34.8 Å². The van der Waals surface area contributed by atoms with Gasteiger partial charge in [-0.25, -0.2) is 13.1 Å². The fraction of sp³-hybridized carbons (Fsp3) is 0.200. The highest BCUT2D eigenvalue weighted by Gasteiger charge is 2.14. The number of hydrogen-bond donors (Lipinski definition) is 2. The molecule has 0 saturated carbocycles. The van der Waals surface area contributed by atoms with Gasteiger partial charge in [0.15, 0.2) is 0 Å². The van der Waals surface area contributed by atoms with Crippen molar-refractivity contribution >= 4 is 31.6 Å². The van der Waals surface area contributed by atoms with Crippen molar-refractivity contribution in [1.29, 1.82) is 0 Å². The zero-order valence-electron chi connectivity index (χ0n) is 8.83. The van der Waals surface area contributed by atoms with Crippen LogP contribution in [0.5, 0.6) is 0 Å². The largest absolute Gasteiger partial charge is 0.398 e. The first-order chi connectivity index (χ1) is 7.33. The van der Waals surface area contributed by atoms with Gasteiger partial charge < -0.3 is 5.73 Å². The van der Waals surface area contributed by atoms with Gasteiger partial charge in [-0.3, -0.25) is 0 Å². The van der Waals surface area contributed by atoms with Crippen molar-refractivity contribution in [3.63, 3.8) is 0 Å². The fourth-order valence-corrected chi connectivity index (χ4v) is 2.63. The molecule has 6 heteroatoms. The Labute approximate surface area is 104 Å². The maximum Gasteiger partial charge on any atom is 0.240 e. The fourth-order valence-electron chi connectivity index (χ4n) is 0.977. The molecule has 0 saturated heterocycles. The van der Waals surface area contributed by atoms with Gasteiger partial charge in [0.25, 0.3) is 0 Å². The predicted octanol–water partition coefficient (Wildman–Crippen LogP) is 1.89. The van der Waals surface area contributed by atoms with Crippen molar-refractivity contribution in [1.82, 2.24) is 4.72 Å². The van der Waals surface area contributed by atoms with E-state index in [1.165, 1.54) is 12.1 Å². The molecule has 0 unspecified atom stereocenters. The summed E-state index contributed by atoms with van der Waals surface area (Å²) in [6, 6.07) is 4.47. The number of anilines is 1. The van der Waals surface area contributed by atoms with Gasteiger partial charge in [-0.2, -0.15) is 0 Å². The minimum atomic E-state index is -3.49. The van der Waals surface area contributed by atoms with Crippen molar-refractivity contribution in [2.45, 2.75) is 11.8 Å². The maximum absolute atomic E-state index is 11.8. The molecule has 0 radical (unpaired) electrons. The summed E-state index contributed by atoms with van der Waals surface area (Å²) >= 11 is 3.18. The van der Waals surface area contributed by atoms with E-state index in [9.17, 15) is 8.42 Å². The molecule has 16 heavy (non-hydrogen) atoms. The third-order valence-corrected chi connectivity index (χ3v) is 3.93. The number of nitrogens with one attached hydrogen (secondary N) is 1. The summed E-state index contributed by atoms with van der Waals surface area (Å²) in [4.78, 5) is 0.176. The SMILES string of the molecule is C=C(C)CNS(=O)(=O)c1ccc(N)c(Br)c1. The van der Waals surface area contributed by atoms with Crippen LogP contribution in [0.2, 0.25) is 0 Å². The van der Waals surface area contributed by atoms with Gasteiger partial charge in [0.1, 0.15) is 0 Å². The Morgan fingerprint density at radius 1 is 1.56 bits per heavy atom. The van der Waals surface area contributed by atoms with E-state index in [4.69, 9.17) is 5.73 Å². The molecule has 3 N–H and O–H groups in total. The van der Waals surface area contributed by atoms with Crippen molar-refractivity contribution < 1.29 is 8.42 Å². The Hall–Kier alpha value is -0.850. The Kier molecular flexibility index (Phi) is 4.12. The van der Waals surface area contributed by atoms with Crippen LogP contribution in [0.3, 0.4) is 0 Å². The summed E-state index contributed by atoms with van der Waals surface area (Å²) in [5, 5.41) is 0. The van der Waals surface area contributed by atoms with Crippen LogP contribution in [0.4, 0.5) is 5.69 Å². The average molecular weight is 305 g/mol. The van der Waals surface area contributed by atoms with E-state index in [-0.39, 0.29) is 11.4 Å². The van der Waals surface area contributed by atoms with Gasteiger partial charge in [0.05, 0.1) is 4.90 Å². The Balaban J connectivity index is 2.99. The maximum atomic E-state index is 11.8. The second-order valence-corrected chi connectivity index (χ2v) is 6.09. The molecule has 0 bridgehead atoms. The van der Waals surface area contributed by atoms with Crippen LogP contribution in [0, 0.1) is 0 Å². The smallest absolute Gasteiger partial charge is 0.240 e. The number of sulfonamides is 1. The van der Waals surface area contributed by atoms with Crippen LogP contribution in [0.1, 0.15) is 6.92 Å². The molecule has 4 nitrogen and oxygen atoms in total. The lowest BCUT2D eigenvalue weighted by molar-refractivity contribution is 0.584. The summed E-state index contributed by atoms with van der Waals surface area (Å²) in [6.45, 7) is 5.61. The number of halogens is 1. The number of hydrogen-bond acceptors (Lipinski definition) is 3. The second-order valence-electron chi connectivity index (χ2n) is 3.46. The van der Waals surface area contributed by atoms with E-state index in [2.05, 4.69) is 27.2 Å². The molecule has 0 aliphatic heterocycles. The molecule has 88 valence electrons. The van der Waals surface area contributed by atoms with Crippen LogP contribution >= 0.6 is 15.9 Å². The molecule has 0 aliphatic rings. The molecule has 0 aromatic heterocycles. The van der Waals surface area contributed by atoms with Gasteiger partial charge in [-0.1, -0.05) is 12.2 Å². The van der Waals surface area contributed by atoms with Crippen LogP contribution in [-0.2, 0) is 10.0 Å². The molecule has 0 fully saturated rings. The molecule has 1 rings (SSSR count). The summed E-state index contributed by atoms with van der Waals surface area (Å²) in [5.74, 6) is 0. The van der Waals surface area contributed by atoms with Crippen LogP contribution in [-0.4, -0.2) is 15.0 Å². The van der Waals surface area contributed by atoms with E-state index in [0.29, 0.717) is 10.2 Å². The lowest BCUT2D eigenvalue weighted by atomic mass is 10.3. The molecular weight excluding hydrogens is 292 g/mol. The number of nitrogens with two attached hydrogens (primary N) is 1. The topological polar surface area (TPSA) is 72.2 Å². The molecule has 1 aromatic carbocycles. The lowest BCUT2D eigenvalue weighted by Gasteiger charge is -2.07. The van der Waals surface area contributed by atoms with E-state index in [1.807, 2.05) is 0 Å². The average Bonchev–Trinajstić information content (AvgIpc) is 2.19. The van der Waals surface area contributed by atoms with Crippen LogP contribution in [0.25, 0.3) is 0 Å². The van der Waals surface area contributed by atoms with Crippen LogP contribution in [0.15, 0.2) is 39.7 Å². The van der Waals surface area contributed by atoms with E-state index in [0.717, 1.165) is 5.57 Å². The number of nitrogen functional groups attached to an aromatic ring is 1. The minimum absolute atomic E-state index is 0.176. The molecule has 0 spiro atoms. The molecule has 0 atom stereocenters. The molecule has 0 amide bonds. The van der Waals surface area contributed by atoms with E-state index in [1.54, 1.807) is 13.0 Å². The highest BCUT2D eigenvalue weighted by molar-refractivity contribution is 9.10. The van der Waals surface area contributed by atoms with E-state index >= 15 is 0 Å². The summed E-state index contributed by atoms with van der Waals surface area (Å²) in [6.07, 6.45) is 0. The Morgan fingerprint density at radius 3 is 2.69 bits per heavy atom. The van der Waals surface area contributed by atoms with Gasteiger partial charge in [-0.15, -0.1) is 0 Å². The van der Waals surface area contributed by atoms with Gasteiger partial charge in [0.2, 0.25) is 10.0 Å². The molecule has 0 aliphatic carbocycles. The number of rotatable bonds is 4. The lowest BCUT2D eigenvalue weighted by Crippen LogP contribution is -2.25. The zero-order valence-corrected chi connectivity index (χ0v) is 11.2. The molecule has 1 aromatic rings. The van der Waals surface area contributed by atoms with Gasteiger partial charge in [-0.05, 0) is 41.1 Å². The molecule has 0 heterocycles. The summed E-state index contributed by atoms with van der Waals surface area (Å²) < 4.78 is 26.6. The highest BCUT2D eigenvalue weighted by atomic mass is 79.9. The highest BCUT2D eigenvalue weighted by Crippen LogP contribution is 2.22. The number of benzene rings is 1. The van der Waals surface area contributed by atoms with Gasteiger partial charge in [0, 0.05) is 16.7 Å². The van der Waals surface area contributed by atoms with Crippen molar-refractivity contribution in [2.75, 3.05) is 12.3 Å². The monoisotopic (exact) mass is 304 g/mol. The minimum Gasteiger partial charge on any atom is -0.398 e.